The number of carboxylic acid groups (broad SMARTS) is 1. The lowest BCUT2D eigenvalue weighted by molar-refractivity contribution is 0.0686. The fourth-order valence-electron chi connectivity index (χ4n) is 1.46. The third-order valence-corrected chi connectivity index (χ3v) is 2.21. The number of nitrogens with zero attached hydrogens (tertiary/aromatic N) is 2. The number of rotatable bonds is 3. The minimum absolute atomic E-state index is 0.0542. The standard InChI is InChI=1S/C10H12N2O4/c1-6-4-8(9(13)14)12-10(11-6)16-7-2-3-15-5-7/h4,7H,2-3,5H2,1H3,(H,13,14). The predicted molar refractivity (Wildman–Crippen MR) is 53.6 cm³/mol. The monoisotopic (exact) mass is 224 g/mol. The van der Waals surface area contributed by atoms with Crippen LogP contribution in [0.25, 0.3) is 0 Å². The molecular weight excluding hydrogens is 212 g/mol. The van der Waals surface area contributed by atoms with Gasteiger partial charge in [-0.25, -0.2) is 9.78 Å². The molecule has 1 fully saturated rings. The summed E-state index contributed by atoms with van der Waals surface area (Å²) in [7, 11) is 0. The zero-order valence-electron chi connectivity index (χ0n) is 8.84. The topological polar surface area (TPSA) is 81.5 Å². The number of hydrogen-bond acceptors (Lipinski definition) is 5. The average Bonchev–Trinajstić information content (AvgIpc) is 2.69. The molecule has 86 valence electrons. The first-order valence-corrected chi connectivity index (χ1v) is 4.98. The van der Waals surface area contributed by atoms with Crippen LogP contribution in [0.5, 0.6) is 6.01 Å². The van der Waals surface area contributed by atoms with Crippen LogP contribution in [0.2, 0.25) is 0 Å². The Labute approximate surface area is 92.2 Å². The summed E-state index contributed by atoms with van der Waals surface area (Å²) >= 11 is 0. The number of carboxylic acids is 1. The molecule has 1 saturated heterocycles. The first-order valence-electron chi connectivity index (χ1n) is 4.98. The van der Waals surface area contributed by atoms with E-state index in [1.165, 1.54) is 6.07 Å². The molecule has 0 saturated carbocycles. The normalized spacial score (nSPS) is 19.7. The van der Waals surface area contributed by atoms with Gasteiger partial charge in [0.2, 0.25) is 0 Å². The molecule has 2 heterocycles. The van der Waals surface area contributed by atoms with Crippen LogP contribution in [0.4, 0.5) is 0 Å². The highest BCUT2D eigenvalue weighted by Crippen LogP contribution is 2.13. The third kappa shape index (κ3) is 2.46. The van der Waals surface area contributed by atoms with Gasteiger partial charge in [0.25, 0.3) is 0 Å². The van der Waals surface area contributed by atoms with Gasteiger partial charge in [0.05, 0.1) is 13.2 Å². The van der Waals surface area contributed by atoms with Crippen molar-refractivity contribution >= 4 is 5.97 Å². The summed E-state index contributed by atoms with van der Waals surface area (Å²) in [6.07, 6.45) is 0.697. The van der Waals surface area contributed by atoms with Gasteiger partial charge in [0.1, 0.15) is 6.10 Å². The molecule has 6 nitrogen and oxygen atoms in total. The molecule has 0 amide bonds. The van der Waals surface area contributed by atoms with Gasteiger partial charge in [0, 0.05) is 12.1 Å². The van der Waals surface area contributed by atoms with Crippen molar-refractivity contribution in [1.29, 1.82) is 0 Å². The molecule has 1 aromatic heterocycles. The summed E-state index contributed by atoms with van der Waals surface area (Å²) in [5, 5.41) is 8.82. The summed E-state index contributed by atoms with van der Waals surface area (Å²) in [6.45, 7) is 2.86. The van der Waals surface area contributed by atoms with Gasteiger partial charge < -0.3 is 14.6 Å². The zero-order valence-corrected chi connectivity index (χ0v) is 8.84. The molecule has 1 aromatic rings. The van der Waals surface area contributed by atoms with Crippen molar-refractivity contribution in [1.82, 2.24) is 9.97 Å². The van der Waals surface area contributed by atoms with Gasteiger partial charge in [-0.05, 0) is 13.0 Å². The maximum Gasteiger partial charge on any atom is 0.354 e. The van der Waals surface area contributed by atoms with E-state index in [0.29, 0.717) is 18.9 Å². The maximum absolute atomic E-state index is 10.8. The quantitative estimate of drug-likeness (QED) is 0.811. The van der Waals surface area contributed by atoms with Gasteiger partial charge in [0.15, 0.2) is 5.69 Å². The molecule has 0 spiro atoms. The fourth-order valence-corrected chi connectivity index (χ4v) is 1.46. The van der Waals surface area contributed by atoms with Crippen LogP contribution in [0.1, 0.15) is 22.6 Å². The van der Waals surface area contributed by atoms with Crippen LogP contribution in [0.15, 0.2) is 6.07 Å². The predicted octanol–water partition coefficient (Wildman–Crippen LogP) is 0.651. The first kappa shape index (κ1) is 10.8. The van der Waals surface area contributed by atoms with Gasteiger partial charge in [-0.15, -0.1) is 0 Å². The van der Waals surface area contributed by atoms with E-state index in [-0.39, 0.29) is 17.8 Å². The maximum atomic E-state index is 10.8. The lowest BCUT2D eigenvalue weighted by Gasteiger charge is -2.10. The molecule has 0 aliphatic carbocycles. The van der Waals surface area contributed by atoms with Crippen molar-refractivity contribution in [2.24, 2.45) is 0 Å². The van der Waals surface area contributed by atoms with Gasteiger partial charge in [-0.1, -0.05) is 0 Å². The number of hydrogen-bond donors (Lipinski definition) is 1. The number of aromatic nitrogens is 2. The van der Waals surface area contributed by atoms with Gasteiger partial charge >= 0.3 is 12.0 Å². The lowest BCUT2D eigenvalue weighted by atomic mass is 10.3. The Balaban J connectivity index is 2.16. The Bertz CT molecular complexity index is 402. The number of carbonyl (C=O) groups is 1. The van der Waals surface area contributed by atoms with E-state index < -0.39 is 5.97 Å². The Morgan fingerprint density at radius 1 is 1.62 bits per heavy atom. The molecular formula is C10H12N2O4. The van der Waals surface area contributed by atoms with Crippen LogP contribution >= 0.6 is 0 Å². The molecule has 0 aromatic carbocycles. The second-order valence-electron chi connectivity index (χ2n) is 3.59. The molecule has 0 radical (unpaired) electrons. The highest BCUT2D eigenvalue weighted by Gasteiger charge is 2.19. The second kappa shape index (κ2) is 4.44. The molecule has 1 unspecified atom stereocenters. The lowest BCUT2D eigenvalue weighted by Crippen LogP contribution is -2.18. The van der Waals surface area contributed by atoms with Crippen molar-refractivity contribution in [2.45, 2.75) is 19.4 Å². The Morgan fingerprint density at radius 3 is 3.06 bits per heavy atom. The van der Waals surface area contributed by atoms with Crippen LogP contribution in [0.3, 0.4) is 0 Å². The van der Waals surface area contributed by atoms with E-state index >= 15 is 0 Å². The van der Waals surface area contributed by atoms with E-state index in [1.807, 2.05) is 0 Å². The number of aromatic carboxylic acids is 1. The summed E-state index contributed by atoms with van der Waals surface area (Å²) in [5.74, 6) is -1.09. The van der Waals surface area contributed by atoms with Gasteiger partial charge in [-0.3, -0.25) is 0 Å². The average molecular weight is 224 g/mol. The number of ether oxygens (including phenoxy) is 2. The largest absolute Gasteiger partial charge is 0.477 e. The Hall–Kier alpha value is -1.69. The Kier molecular flexibility index (Phi) is 3.00. The summed E-state index contributed by atoms with van der Waals surface area (Å²) in [6, 6.07) is 1.51. The van der Waals surface area contributed by atoms with E-state index in [4.69, 9.17) is 14.6 Å². The van der Waals surface area contributed by atoms with Crippen molar-refractivity contribution in [3.05, 3.63) is 17.5 Å². The second-order valence-corrected chi connectivity index (χ2v) is 3.59. The molecule has 1 N–H and O–H groups in total. The van der Waals surface area contributed by atoms with Gasteiger partial charge in [-0.2, -0.15) is 4.98 Å². The minimum Gasteiger partial charge on any atom is -0.477 e. The molecule has 1 aliphatic rings. The van der Waals surface area contributed by atoms with E-state index in [0.717, 1.165) is 6.42 Å². The molecule has 1 aliphatic heterocycles. The molecule has 16 heavy (non-hydrogen) atoms. The van der Waals surface area contributed by atoms with Crippen molar-refractivity contribution < 1.29 is 19.4 Å². The number of aryl methyl sites for hydroxylation is 1. The highest BCUT2D eigenvalue weighted by molar-refractivity contribution is 5.85. The summed E-state index contributed by atoms with van der Waals surface area (Å²) in [5.41, 5.74) is 0.516. The smallest absolute Gasteiger partial charge is 0.354 e. The Morgan fingerprint density at radius 2 is 2.44 bits per heavy atom. The SMILES string of the molecule is Cc1cc(C(=O)O)nc(OC2CCOC2)n1. The molecule has 0 bridgehead atoms. The van der Waals surface area contributed by atoms with Crippen LogP contribution in [-0.4, -0.2) is 40.4 Å². The van der Waals surface area contributed by atoms with Crippen LogP contribution < -0.4 is 4.74 Å². The first-order chi connectivity index (χ1) is 7.65. The highest BCUT2D eigenvalue weighted by atomic mass is 16.6. The zero-order chi connectivity index (χ0) is 11.5. The van der Waals surface area contributed by atoms with Crippen molar-refractivity contribution in [3.8, 4) is 6.01 Å². The van der Waals surface area contributed by atoms with Crippen LogP contribution in [0, 0.1) is 6.92 Å². The summed E-state index contributed by atoms with van der Waals surface area (Å²) < 4.78 is 10.6. The molecule has 1 atom stereocenters. The minimum atomic E-state index is -1.09. The van der Waals surface area contributed by atoms with E-state index in [9.17, 15) is 4.79 Å². The van der Waals surface area contributed by atoms with Crippen LogP contribution in [-0.2, 0) is 4.74 Å². The fraction of sp³-hybridized carbons (Fsp3) is 0.500. The van der Waals surface area contributed by atoms with Crippen molar-refractivity contribution in [2.75, 3.05) is 13.2 Å². The van der Waals surface area contributed by atoms with E-state index in [2.05, 4.69) is 9.97 Å². The molecule has 2 rings (SSSR count). The third-order valence-electron chi connectivity index (χ3n) is 2.21. The summed E-state index contributed by atoms with van der Waals surface area (Å²) in [4.78, 5) is 18.6. The molecule has 6 heteroatoms. The van der Waals surface area contributed by atoms with E-state index in [1.54, 1.807) is 6.92 Å². The van der Waals surface area contributed by atoms with Crippen molar-refractivity contribution in [3.63, 3.8) is 0 Å².